The molecule has 1 heteroatoms. The van der Waals surface area contributed by atoms with Crippen molar-refractivity contribution in [2.75, 3.05) is 0 Å². The minimum absolute atomic E-state index is 0.133. The molecular formula is C55H36O. The van der Waals surface area contributed by atoms with Gasteiger partial charge < -0.3 is 4.42 Å². The van der Waals surface area contributed by atoms with Crippen LogP contribution in [0.3, 0.4) is 0 Å². The number of benzene rings is 10. The standard InChI is InChI=1S/C55H36O/c1-55(2)48-26-24-38(30-45(48)46-31-47-51(32-49(46)55)56-50-27-25-33-12-6-7-15-40(33)54(47)50)36-20-21-37-29-39(23-22-35(37)28-36)53-43-18-10-8-16-41(43)52(34-13-4-3-5-14-34)42-17-9-11-19-44(42)53/h3-32H,1-2H3. The molecule has 1 heterocycles. The van der Waals surface area contributed by atoms with Crippen LogP contribution < -0.4 is 0 Å². The van der Waals surface area contributed by atoms with E-state index in [1.54, 1.807) is 0 Å². The van der Waals surface area contributed by atoms with Gasteiger partial charge in [-0.25, -0.2) is 0 Å². The molecule has 262 valence electrons. The maximum absolute atomic E-state index is 6.51. The van der Waals surface area contributed by atoms with E-state index in [0.29, 0.717) is 0 Å². The summed E-state index contributed by atoms with van der Waals surface area (Å²) in [6.07, 6.45) is 0. The van der Waals surface area contributed by atoms with Gasteiger partial charge in [0.1, 0.15) is 11.2 Å². The van der Waals surface area contributed by atoms with E-state index in [-0.39, 0.29) is 5.41 Å². The molecule has 0 aliphatic heterocycles. The summed E-state index contributed by atoms with van der Waals surface area (Å²) < 4.78 is 6.51. The Labute approximate surface area is 325 Å². The van der Waals surface area contributed by atoms with Gasteiger partial charge in [-0.15, -0.1) is 0 Å². The summed E-state index contributed by atoms with van der Waals surface area (Å²) in [7, 11) is 0. The third-order valence-corrected chi connectivity index (χ3v) is 12.6. The van der Waals surface area contributed by atoms with Crippen LogP contribution in [0, 0.1) is 0 Å². The largest absolute Gasteiger partial charge is 0.456 e. The summed E-state index contributed by atoms with van der Waals surface area (Å²) in [4.78, 5) is 0. The van der Waals surface area contributed by atoms with E-state index in [4.69, 9.17) is 4.42 Å². The van der Waals surface area contributed by atoms with Crippen LogP contribution in [0.15, 0.2) is 186 Å². The highest BCUT2D eigenvalue weighted by Crippen LogP contribution is 2.52. The first kappa shape index (κ1) is 31.4. The number of fused-ring (bicyclic) bond motifs is 11. The number of hydrogen-bond acceptors (Lipinski definition) is 1. The van der Waals surface area contributed by atoms with E-state index in [1.807, 2.05) is 0 Å². The van der Waals surface area contributed by atoms with Crippen LogP contribution in [0.4, 0.5) is 0 Å². The minimum atomic E-state index is -0.133. The van der Waals surface area contributed by atoms with Crippen molar-refractivity contribution < 1.29 is 4.42 Å². The zero-order valence-electron chi connectivity index (χ0n) is 31.2. The van der Waals surface area contributed by atoms with E-state index in [9.17, 15) is 0 Å². The van der Waals surface area contributed by atoms with Gasteiger partial charge in [0.25, 0.3) is 0 Å². The van der Waals surface area contributed by atoms with Gasteiger partial charge in [-0.3, -0.25) is 0 Å². The third-order valence-electron chi connectivity index (χ3n) is 12.6. The van der Waals surface area contributed by atoms with E-state index in [0.717, 1.165) is 11.2 Å². The Morgan fingerprint density at radius 2 is 0.875 bits per heavy atom. The molecule has 0 spiro atoms. The van der Waals surface area contributed by atoms with Gasteiger partial charge in [-0.05, 0) is 135 Å². The van der Waals surface area contributed by atoms with Gasteiger partial charge in [0.15, 0.2) is 0 Å². The molecule has 0 amide bonds. The van der Waals surface area contributed by atoms with Gasteiger partial charge in [0.2, 0.25) is 0 Å². The number of hydrogen-bond donors (Lipinski definition) is 0. The fourth-order valence-electron chi connectivity index (χ4n) is 9.91. The molecule has 1 aliphatic rings. The van der Waals surface area contributed by atoms with Gasteiger partial charge in [0.05, 0.1) is 0 Å². The SMILES string of the molecule is CC1(C)c2ccc(-c3ccc4cc(-c5c6ccccc6c(-c6ccccc6)c6ccccc56)ccc4c3)cc2-c2cc3c(cc21)oc1ccc2ccccc2c13. The molecule has 1 aliphatic carbocycles. The van der Waals surface area contributed by atoms with Crippen molar-refractivity contribution in [3.8, 4) is 44.5 Å². The first-order valence-corrected chi connectivity index (χ1v) is 19.6. The Morgan fingerprint density at radius 1 is 0.339 bits per heavy atom. The molecule has 10 aromatic carbocycles. The van der Waals surface area contributed by atoms with Gasteiger partial charge in [-0.2, -0.15) is 0 Å². The lowest BCUT2D eigenvalue weighted by Crippen LogP contribution is -2.14. The maximum Gasteiger partial charge on any atom is 0.136 e. The highest BCUT2D eigenvalue weighted by Gasteiger charge is 2.36. The summed E-state index contributed by atoms with van der Waals surface area (Å²) in [5, 5.41) is 12.4. The molecule has 11 aromatic rings. The molecule has 0 unspecified atom stereocenters. The van der Waals surface area contributed by atoms with Crippen molar-refractivity contribution in [2.24, 2.45) is 0 Å². The first-order valence-electron chi connectivity index (χ1n) is 19.6. The molecule has 0 bridgehead atoms. The fraction of sp³-hybridized carbons (Fsp3) is 0.0545. The van der Waals surface area contributed by atoms with Crippen LogP contribution in [0.5, 0.6) is 0 Å². The van der Waals surface area contributed by atoms with Crippen LogP contribution in [0.1, 0.15) is 25.0 Å². The Balaban J connectivity index is 0.985. The van der Waals surface area contributed by atoms with Crippen LogP contribution in [0.25, 0.3) is 110 Å². The van der Waals surface area contributed by atoms with Crippen LogP contribution in [-0.2, 0) is 5.41 Å². The highest BCUT2D eigenvalue weighted by molar-refractivity contribution is 6.22. The second-order valence-electron chi connectivity index (χ2n) is 16.0. The van der Waals surface area contributed by atoms with Crippen molar-refractivity contribution in [1.29, 1.82) is 0 Å². The van der Waals surface area contributed by atoms with E-state index in [2.05, 4.69) is 196 Å². The molecule has 1 nitrogen and oxygen atoms in total. The minimum Gasteiger partial charge on any atom is -0.456 e. The Morgan fingerprint density at radius 3 is 1.59 bits per heavy atom. The molecule has 0 atom stereocenters. The molecule has 0 fully saturated rings. The molecule has 56 heavy (non-hydrogen) atoms. The van der Waals surface area contributed by atoms with E-state index < -0.39 is 0 Å². The Hall–Kier alpha value is -6.96. The predicted octanol–water partition coefficient (Wildman–Crippen LogP) is 15.5. The fourth-order valence-corrected chi connectivity index (χ4v) is 9.91. The average molecular weight is 713 g/mol. The quantitative estimate of drug-likeness (QED) is 0.166. The van der Waals surface area contributed by atoms with Gasteiger partial charge >= 0.3 is 0 Å². The zero-order chi connectivity index (χ0) is 37.1. The summed E-state index contributed by atoms with van der Waals surface area (Å²) in [5.41, 5.74) is 14.6. The third kappa shape index (κ3) is 4.43. The number of rotatable bonds is 3. The van der Waals surface area contributed by atoms with Crippen molar-refractivity contribution in [2.45, 2.75) is 19.3 Å². The van der Waals surface area contributed by atoms with Gasteiger partial charge in [0, 0.05) is 16.2 Å². The van der Waals surface area contributed by atoms with E-state index >= 15 is 0 Å². The van der Waals surface area contributed by atoms with Crippen LogP contribution >= 0.6 is 0 Å². The summed E-state index contributed by atoms with van der Waals surface area (Å²) in [6, 6.07) is 67.2. The van der Waals surface area contributed by atoms with Crippen molar-refractivity contribution in [3.63, 3.8) is 0 Å². The van der Waals surface area contributed by atoms with E-state index in [1.165, 1.54) is 109 Å². The monoisotopic (exact) mass is 712 g/mol. The second kappa shape index (κ2) is 11.5. The predicted molar refractivity (Wildman–Crippen MR) is 238 cm³/mol. The summed E-state index contributed by atoms with van der Waals surface area (Å²) >= 11 is 0. The lowest BCUT2D eigenvalue weighted by molar-refractivity contribution is 0.647. The molecule has 0 saturated carbocycles. The molecule has 0 saturated heterocycles. The smallest absolute Gasteiger partial charge is 0.136 e. The summed E-state index contributed by atoms with van der Waals surface area (Å²) in [6.45, 7) is 4.69. The second-order valence-corrected chi connectivity index (χ2v) is 16.0. The molecule has 12 rings (SSSR count). The zero-order valence-corrected chi connectivity index (χ0v) is 31.2. The van der Waals surface area contributed by atoms with Gasteiger partial charge in [-0.1, -0.05) is 159 Å². The van der Waals surface area contributed by atoms with Crippen molar-refractivity contribution >= 4 is 65.0 Å². The molecule has 0 N–H and O–H groups in total. The highest BCUT2D eigenvalue weighted by atomic mass is 16.3. The molecule has 0 radical (unpaired) electrons. The molecular weight excluding hydrogens is 677 g/mol. The maximum atomic E-state index is 6.51. The van der Waals surface area contributed by atoms with Crippen LogP contribution in [-0.4, -0.2) is 0 Å². The van der Waals surface area contributed by atoms with Crippen molar-refractivity contribution in [3.05, 3.63) is 193 Å². The first-order chi connectivity index (χ1) is 27.5. The topological polar surface area (TPSA) is 13.1 Å². The Bertz CT molecular complexity index is 3380. The van der Waals surface area contributed by atoms with Crippen molar-refractivity contribution in [1.82, 2.24) is 0 Å². The average Bonchev–Trinajstić information content (AvgIpc) is 3.72. The normalized spacial score (nSPS) is 13.3. The lowest BCUT2D eigenvalue weighted by Gasteiger charge is -2.21. The Kier molecular flexibility index (Phi) is 6.46. The molecule has 1 aromatic heterocycles. The summed E-state index contributed by atoms with van der Waals surface area (Å²) in [5.74, 6) is 0. The lowest BCUT2D eigenvalue weighted by atomic mass is 9.82. The number of furan rings is 1. The van der Waals surface area contributed by atoms with Crippen LogP contribution in [0.2, 0.25) is 0 Å².